The predicted octanol–water partition coefficient (Wildman–Crippen LogP) is 5.23. The predicted molar refractivity (Wildman–Crippen MR) is 140 cm³/mol. The minimum atomic E-state index is -3.97. The van der Waals surface area contributed by atoms with E-state index in [0.717, 1.165) is 12.8 Å². The lowest BCUT2D eigenvalue weighted by Gasteiger charge is -2.35. The molecule has 0 bridgehead atoms. The zero-order valence-corrected chi connectivity index (χ0v) is 21.9. The molecule has 0 saturated carbocycles. The van der Waals surface area contributed by atoms with Gasteiger partial charge in [0.25, 0.3) is 10.0 Å². The van der Waals surface area contributed by atoms with Crippen LogP contribution in [0.1, 0.15) is 24.5 Å². The smallest absolute Gasteiger partial charge is 0.268 e. The summed E-state index contributed by atoms with van der Waals surface area (Å²) in [6.07, 6.45) is 0.788. The Bertz CT molecular complexity index is 1380. The lowest BCUT2D eigenvalue weighted by molar-refractivity contribution is 0.0904. The molecule has 196 valence electrons. The van der Waals surface area contributed by atoms with Crippen LogP contribution in [0.15, 0.2) is 65.6 Å². The summed E-state index contributed by atoms with van der Waals surface area (Å²) < 4.78 is 53.8. The Morgan fingerprint density at radius 2 is 1.78 bits per heavy atom. The number of sulfonamides is 1. The fourth-order valence-corrected chi connectivity index (χ4v) is 6.78. The van der Waals surface area contributed by atoms with Crippen molar-refractivity contribution in [3.8, 4) is 17.2 Å². The first kappa shape index (κ1) is 25.8. The first-order valence-corrected chi connectivity index (χ1v) is 13.9. The highest BCUT2D eigenvalue weighted by Crippen LogP contribution is 2.45. The molecule has 0 spiro atoms. The van der Waals surface area contributed by atoms with Gasteiger partial charge >= 0.3 is 0 Å². The SMILES string of the molecule is COc1ccc2c(c1)N(CC1CCN(C[C@H](O)c3ccc(F)cc3)CC1)S(=O)(=O)c1cc(Cl)ccc1O2. The molecular weight excluding hydrogens is 519 g/mol. The number of hydrogen-bond acceptors (Lipinski definition) is 6. The van der Waals surface area contributed by atoms with Gasteiger partial charge in [-0.2, -0.15) is 0 Å². The molecular formula is C27H28ClFN2O5S. The van der Waals surface area contributed by atoms with Gasteiger partial charge in [-0.1, -0.05) is 23.7 Å². The van der Waals surface area contributed by atoms with Crippen LogP contribution in [0.5, 0.6) is 17.2 Å². The molecule has 2 aliphatic rings. The highest BCUT2D eigenvalue weighted by atomic mass is 35.5. The second kappa shape index (κ2) is 10.5. The van der Waals surface area contributed by atoms with E-state index >= 15 is 0 Å². The number of fused-ring (bicyclic) bond motifs is 2. The number of β-amino-alcohol motifs (C(OH)–C–C–N with tert-alkyl or cyclic N) is 1. The fourth-order valence-electron chi connectivity index (χ4n) is 4.86. The van der Waals surface area contributed by atoms with Crippen molar-refractivity contribution in [2.24, 2.45) is 5.92 Å². The number of aliphatic hydroxyl groups excluding tert-OH is 1. The summed E-state index contributed by atoms with van der Waals surface area (Å²) in [5, 5.41) is 10.9. The molecule has 1 fully saturated rings. The molecule has 0 aromatic heterocycles. The van der Waals surface area contributed by atoms with Crippen molar-refractivity contribution < 1.29 is 27.4 Å². The Labute approximate surface area is 221 Å². The fraction of sp³-hybridized carbons (Fsp3) is 0.333. The van der Waals surface area contributed by atoms with Gasteiger partial charge in [-0.25, -0.2) is 12.8 Å². The highest BCUT2D eigenvalue weighted by molar-refractivity contribution is 7.93. The van der Waals surface area contributed by atoms with Gasteiger partial charge in [-0.15, -0.1) is 0 Å². The van der Waals surface area contributed by atoms with Crippen LogP contribution in [0.25, 0.3) is 0 Å². The van der Waals surface area contributed by atoms with Crippen LogP contribution >= 0.6 is 11.6 Å². The first-order chi connectivity index (χ1) is 17.7. The number of likely N-dealkylation sites (tertiary alicyclic amines) is 1. The molecule has 0 aliphatic carbocycles. The third kappa shape index (κ3) is 5.40. The van der Waals surface area contributed by atoms with E-state index in [2.05, 4.69) is 4.90 Å². The van der Waals surface area contributed by atoms with E-state index in [4.69, 9.17) is 21.1 Å². The summed E-state index contributed by atoms with van der Waals surface area (Å²) in [5.74, 6) is 0.924. The van der Waals surface area contributed by atoms with E-state index in [9.17, 15) is 17.9 Å². The molecule has 0 amide bonds. The summed E-state index contributed by atoms with van der Waals surface area (Å²) in [4.78, 5) is 2.17. The second-order valence-corrected chi connectivity index (χ2v) is 11.6. The van der Waals surface area contributed by atoms with Crippen LogP contribution in [-0.2, 0) is 10.0 Å². The van der Waals surface area contributed by atoms with E-state index < -0.39 is 16.1 Å². The molecule has 1 N–H and O–H groups in total. The van der Waals surface area contributed by atoms with Crippen molar-refractivity contribution in [1.82, 2.24) is 4.90 Å². The van der Waals surface area contributed by atoms with Crippen molar-refractivity contribution in [2.75, 3.05) is 37.6 Å². The van der Waals surface area contributed by atoms with Crippen molar-refractivity contribution >= 4 is 27.3 Å². The Balaban J connectivity index is 1.35. The topological polar surface area (TPSA) is 79.3 Å². The molecule has 3 aromatic carbocycles. The maximum Gasteiger partial charge on any atom is 0.268 e. The summed E-state index contributed by atoms with van der Waals surface area (Å²) >= 11 is 6.16. The molecule has 0 radical (unpaired) electrons. The summed E-state index contributed by atoms with van der Waals surface area (Å²) in [5.41, 5.74) is 1.09. The zero-order chi connectivity index (χ0) is 26.2. The van der Waals surface area contributed by atoms with Gasteiger partial charge in [0.1, 0.15) is 22.2 Å². The van der Waals surface area contributed by atoms with Gasteiger partial charge in [0.05, 0.1) is 18.9 Å². The van der Waals surface area contributed by atoms with Gasteiger partial charge < -0.3 is 19.5 Å². The van der Waals surface area contributed by atoms with Crippen LogP contribution < -0.4 is 13.8 Å². The van der Waals surface area contributed by atoms with Gasteiger partial charge in [-0.05, 0) is 79.9 Å². The number of benzene rings is 3. The first-order valence-electron chi connectivity index (χ1n) is 12.1. The molecule has 5 rings (SSSR count). The maximum absolute atomic E-state index is 13.9. The standard InChI is InChI=1S/C27H28ClFN2O5S/c1-35-22-7-9-25-23(15-22)31(37(33,34)27-14-20(28)4-8-26(27)36-25)16-18-10-12-30(13-11-18)17-24(32)19-2-5-21(29)6-3-19/h2-9,14-15,18,24,32H,10-13,16-17H2,1H3/t24-/m0/s1. The Morgan fingerprint density at radius 3 is 2.49 bits per heavy atom. The van der Waals surface area contributed by atoms with Gasteiger partial charge in [0.2, 0.25) is 0 Å². The molecule has 2 aliphatic heterocycles. The lowest BCUT2D eigenvalue weighted by Crippen LogP contribution is -2.42. The summed E-state index contributed by atoms with van der Waals surface area (Å²) in [6.45, 7) is 2.12. The summed E-state index contributed by atoms with van der Waals surface area (Å²) in [7, 11) is -2.44. The van der Waals surface area contributed by atoms with E-state index in [-0.39, 0.29) is 28.9 Å². The Kier molecular flexibility index (Phi) is 7.31. The minimum Gasteiger partial charge on any atom is -0.497 e. The molecule has 7 nitrogen and oxygen atoms in total. The van der Waals surface area contributed by atoms with Crippen LogP contribution in [-0.4, -0.2) is 51.7 Å². The quantitative estimate of drug-likeness (QED) is 0.456. The zero-order valence-electron chi connectivity index (χ0n) is 20.3. The van der Waals surface area contributed by atoms with Crippen molar-refractivity contribution in [1.29, 1.82) is 0 Å². The second-order valence-electron chi connectivity index (χ2n) is 9.37. The van der Waals surface area contributed by atoms with E-state index in [1.165, 1.54) is 29.6 Å². The molecule has 10 heteroatoms. The van der Waals surface area contributed by atoms with Crippen LogP contribution in [0.2, 0.25) is 5.02 Å². The normalized spacial score (nSPS) is 18.3. The van der Waals surface area contributed by atoms with Crippen LogP contribution in [0.4, 0.5) is 10.1 Å². The van der Waals surface area contributed by atoms with Crippen LogP contribution in [0, 0.1) is 11.7 Å². The van der Waals surface area contributed by atoms with Gasteiger partial charge in [-0.3, -0.25) is 4.31 Å². The number of piperidine rings is 1. The number of rotatable bonds is 6. The lowest BCUT2D eigenvalue weighted by atomic mass is 9.96. The number of aliphatic hydroxyl groups is 1. The van der Waals surface area contributed by atoms with Crippen LogP contribution in [0.3, 0.4) is 0 Å². The average molecular weight is 547 g/mol. The van der Waals surface area contributed by atoms with Crippen molar-refractivity contribution in [3.05, 3.63) is 77.1 Å². The largest absolute Gasteiger partial charge is 0.497 e. The third-order valence-corrected chi connectivity index (χ3v) is 8.98. The monoisotopic (exact) mass is 546 g/mol. The Hall–Kier alpha value is -2.85. The Morgan fingerprint density at radius 1 is 1.08 bits per heavy atom. The minimum absolute atomic E-state index is 0.0232. The van der Waals surface area contributed by atoms with Gasteiger partial charge in [0.15, 0.2) is 5.75 Å². The van der Waals surface area contributed by atoms with E-state index in [1.54, 1.807) is 42.5 Å². The molecule has 1 atom stereocenters. The van der Waals surface area contributed by atoms with E-state index in [0.29, 0.717) is 47.4 Å². The summed E-state index contributed by atoms with van der Waals surface area (Å²) in [6, 6.07) is 15.6. The molecule has 3 aromatic rings. The highest BCUT2D eigenvalue weighted by Gasteiger charge is 2.36. The number of halogens is 2. The number of ether oxygens (including phenoxy) is 2. The number of hydrogen-bond donors (Lipinski definition) is 1. The number of nitrogens with zero attached hydrogens (tertiary/aromatic N) is 2. The molecule has 0 unspecified atom stereocenters. The molecule has 2 heterocycles. The average Bonchev–Trinajstić information content (AvgIpc) is 2.97. The molecule has 1 saturated heterocycles. The van der Waals surface area contributed by atoms with Gasteiger partial charge in [0, 0.05) is 24.2 Å². The molecule has 37 heavy (non-hydrogen) atoms. The van der Waals surface area contributed by atoms with Crippen molar-refractivity contribution in [2.45, 2.75) is 23.8 Å². The number of methoxy groups -OCH3 is 1. The van der Waals surface area contributed by atoms with Crippen molar-refractivity contribution in [3.63, 3.8) is 0 Å². The maximum atomic E-state index is 13.9. The van der Waals surface area contributed by atoms with E-state index in [1.807, 2.05) is 0 Å². The number of anilines is 1. The third-order valence-electron chi connectivity index (χ3n) is 6.95.